The molecule has 1 aromatic carbocycles. The van der Waals surface area contributed by atoms with Crippen molar-refractivity contribution in [3.8, 4) is 5.75 Å². The van der Waals surface area contributed by atoms with Gasteiger partial charge in [0.2, 0.25) is 5.91 Å². The standard InChI is InChI=1S/C18H24F2N2O3/c1-2-22-9-8-21(12-18(22)7-10-24-13-18)16(23)11-14-3-5-15(6-4-14)25-17(19)20/h3-6,17H,2,7-13H2,1H3. The van der Waals surface area contributed by atoms with Gasteiger partial charge in [-0.15, -0.1) is 0 Å². The lowest BCUT2D eigenvalue weighted by Crippen LogP contribution is -2.63. The lowest BCUT2D eigenvalue weighted by atomic mass is 9.92. The Morgan fingerprint density at radius 1 is 1.32 bits per heavy atom. The summed E-state index contributed by atoms with van der Waals surface area (Å²) >= 11 is 0. The Labute approximate surface area is 146 Å². The highest BCUT2D eigenvalue weighted by atomic mass is 19.3. The molecule has 7 heteroatoms. The van der Waals surface area contributed by atoms with Gasteiger partial charge in [-0.2, -0.15) is 8.78 Å². The van der Waals surface area contributed by atoms with Crippen LogP contribution in [-0.4, -0.2) is 67.3 Å². The summed E-state index contributed by atoms with van der Waals surface area (Å²) in [6, 6.07) is 6.25. The van der Waals surface area contributed by atoms with E-state index in [0.717, 1.165) is 31.7 Å². The van der Waals surface area contributed by atoms with Crippen LogP contribution in [0.1, 0.15) is 18.9 Å². The van der Waals surface area contributed by atoms with Crippen molar-refractivity contribution in [1.29, 1.82) is 0 Å². The fraction of sp³-hybridized carbons (Fsp3) is 0.611. The van der Waals surface area contributed by atoms with E-state index in [9.17, 15) is 13.6 Å². The van der Waals surface area contributed by atoms with Gasteiger partial charge in [-0.1, -0.05) is 19.1 Å². The van der Waals surface area contributed by atoms with Crippen molar-refractivity contribution in [2.75, 3.05) is 39.4 Å². The molecule has 0 aliphatic carbocycles. The Morgan fingerprint density at radius 2 is 2.08 bits per heavy atom. The van der Waals surface area contributed by atoms with E-state index >= 15 is 0 Å². The summed E-state index contributed by atoms with van der Waals surface area (Å²) in [6.45, 7) is 3.92. The molecule has 1 aromatic rings. The first-order chi connectivity index (χ1) is 12.0. The van der Waals surface area contributed by atoms with Gasteiger partial charge < -0.3 is 14.4 Å². The van der Waals surface area contributed by atoms with Gasteiger partial charge >= 0.3 is 6.61 Å². The van der Waals surface area contributed by atoms with Gasteiger partial charge in [0.25, 0.3) is 0 Å². The zero-order chi connectivity index (χ0) is 17.9. The molecule has 0 bridgehead atoms. The number of halogens is 2. The van der Waals surface area contributed by atoms with Crippen molar-refractivity contribution in [3.63, 3.8) is 0 Å². The summed E-state index contributed by atoms with van der Waals surface area (Å²) in [5.41, 5.74) is 0.735. The molecule has 2 aliphatic heterocycles. The van der Waals surface area contributed by atoms with Gasteiger partial charge in [0.05, 0.1) is 18.6 Å². The quantitative estimate of drug-likeness (QED) is 0.813. The zero-order valence-electron chi connectivity index (χ0n) is 14.4. The zero-order valence-corrected chi connectivity index (χ0v) is 14.4. The van der Waals surface area contributed by atoms with Crippen LogP contribution in [0.2, 0.25) is 0 Å². The average molecular weight is 354 g/mol. The van der Waals surface area contributed by atoms with Crippen molar-refractivity contribution in [1.82, 2.24) is 9.80 Å². The van der Waals surface area contributed by atoms with Crippen LogP contribution in [0, 0.1) is 0 Å². The molecule has 3 rings (SSSR count). The van der Waals surface area contributed by atoms with Gasteiger partial charge in [-0.05, 0) is 30.7 Å². The molecule has 0 radical (unpaired) electrons. The first kappa shape index (κ1) is 18.1. The minimum Gasteiger partial charge on any atom is -0.435 e. The van der Waals surface area contributed by atoms with E-state index in [1.54, 1.807) is 12.1 Å². The minimum atomic E-state index is -2.84. The van der Waals surface area contributed by atoms with E-state index in [-0.39, 0.29) is 23.6 Å². The highest BCUT2D eigenvalue weighted by molar-refractivity contribution is 5.79. The number of piperazine rings is 1. The third-order valence-electron chi connectivity index (χ3n) is 5.12. The van der Waals surface area contributed by atoms with Crippen LogP contribution in [0.4, 0.5) is 8.78 Å². The summed E-state index contributed by atoms with van der Waals surface area (Å²) in [6.07, 6.45) is 1.21. The SMILES string of the molecule is CCN1CCN(C(=O)Cc2ccc(OC(F)F)cc2)CC12CCOC2. The normalized spacial score (nSPS) is 24.2. The lowest BCUT2D eigenvalue weighted by Gasteiger charge is -2.48. The van der Waals surface area contributed by atoms with E-state index in [1.165, 1.54) is 12.1 Å². The summed E-state index contributed by atoms with van der Waals surface area (Å²) < 4.78 is 34.3. The van der Waals surface area contributed by atoms with Crippen LogP contribution in [0.3, 0.4) is 0 Å². The number of hydrogen-bond acceptors (Lipinski definition) is 4. The summed E-state index contributed by atoms with van der Waals surface area (Å²) in [4.78, 5) is 17.0. The predicted octanol–water partition coefficient (Wildman–Crippen LogP) is 2.15. The Bertz CT molecular complexity index is 588. The van der Waals surface area contributed by atoms with E-state index < -0.39 is 6.61 Å². The molecule has 2 fully saturated rings. The third-order valence-corrected chi connectivity index (χ3v) is 5.12. The topological polar surface area (TPSA) is 42.0 Å². The maximum absolute atomic E-state index is 12.7. The van der Waals surface area contributed by atoms with E-state index in [1.807, 2.05) is 4.90 Å². The number of hydrogen-bond donors (Lipinski definition) is 0. The molecule has 25 heavy (non-hydrogen) atoms. The average Bonchev–Trinajstić information content (AvgIpc) is 3.04. The molecule has 0 aromatic heterocycles. The number of benzene rings is 1. The molecule has 138 valence electrons. The Hall–Kier alpha value is -1.73. The molecular weight excluding hydrogens is 330 g/mol. The van der Waals surface area contributed by atoms with Crippen LogP contribution >= 0.6 is 0 Å². The fourth-order valence-electron chi connectivity index (χ4n) is 3.77. The largest absolute Gasteiger partial charge is 0.435 e. The van der Waals surface area contributed by atoms with E-state index in [4.69, 9.17) is 4.74 Å². The number of carbonyl (C=O) groups excluding carboxylic acids is 1. The van der Waals surface area contributed by atoms with Crippen molar-refractivity contribution >= 4 is 5.91 Å². The van der Waals surface area contributed by atoms with Gasteiger partial charge in [0.15, 0.2) is 0 Å². The molecule has 2 aliphatic rings. The third kappa shape index (κ3) is 4.10. The summed E-state index contributed by atoms with van der Waals surface area (Å²) in [5.74, 6) is 0.161. The van der Waals surface area contributed by atoms with Crippen LogP contribution < -0.4 is 4.74 Å². The number of ether oxygens (including phenoxy) is 2. The van der Waals surface area contributed by atoms with Crippen molar-refractivity contribution < 1.29 is 23.0 Å². The maximum atomic E-state index is 12.7. The molecule has 1 amide bonds. The second kappa shape index (κ2) is 7.66. The van der Waals surface area contributed by atoms with Crippen molar-refractivity contribution in [3.05, 3.63) is 29.8 Å². The maximum Gasteiger partial charge on any atom is 0.387 e. The van der Waals surface area contributed by atoms with Crippen molar-refractivity contribution in [2.24, 2.45) is 0 Å². The van der Waals surface area contributed by atoms with Gasteiger partial charge in [-0.25, -0.2) is 0 Å². The number of likely N-dealkylation sites (N-methyl/N-ethyl adjacent to an activating group) is 1. The molecule has 2 heterocycles. The molecule has 1 spiro atoms. The van der Waals surface area contributed by atoms with Gasteiger partial charge in [-0.3, -0.25) is 9.69 Å². The second-order valence-corrected chi connectivity index (χ2v) is 6.62. The molecule has 0 N–H and O–H groups in total. The van der Waals surface area contributed by atoms with Gasteiger partial charge in [0, 0.05) is 26.2 Å². The Balaban J connectivity index is 1.61. The smallest absolute Gasteiger partial charge is 0.387 e. The second-order valence-electron chi connectivity index (χ2n) is 6.62. The Kier molecular flexibility index (Phi) is 5.54. The number of alkyl halides is 2. The molecule has 0 saturated carbocycles. The number of amides is 1. The predicted molar refractivity (Wildman–Crippen MR) is 88.8 cm³/mol. The summed E-state index contributed by atoms with van der Waals surface area (Å²) in [7, 11) is 0. The lowest BCUT2D eigenvalue weighted by molar-refractivity contribution is -0.136. The number of carbonyl (C=O) groups is 1. The molecular formula is C18H24F2N2O3. The van der Waals surface area contributed by atoms with E-state index in [2.05, 4.69) is 16.6 Å². The monoisotopic (exact) mass is 354 g/mol. The first-order valence-corrected chi connectivity index (χ1v) is 8.67. The first-order valence-electron chi connectivity index (χ1n) is 8.67. The highest BCUT2D eigenvalue weighted by Gasteiger charge is 2.44. The molecule has 5 nitrogen and oxygen atoms in total. The number of nitrogens with zero attached hydrogens (tertiary/aromatic N) is 2. The van der Waals surface area contributed by atoms with Crippen LogP contribution in [0.25, 0.3) is 0 Å². The minimum absolute atomic E-state index is 0.0579. The fourth-order valence-corrected chi connectivity index (χ4v) is 3.77. The van der Waals surface area contributed by atoms with Crippen LogP contribution in [0.5, 0.6) is 5.75 Å². The Morgan fingerprint density at radius 3 is 2.68 bits per heavy atom. The number of rotatable bonds is 5. The van der Waals surface area contributed by atoms with E-state index in [0.29, 0.717) is 19.7 Å². The van der Waals surface area contributed by atoms with Crippen LogP contribution in [0.15, 0.2) is 24.3 Å². The highest BCUT2D eigenvalue weighted by Crippen LogP contribution is 2.30. The van der Waals surface area contributed by atoms with Gasteiger partial charge in [0.1, 0.15) is 5.75 Å². The molecule has 1 atom stereocenters. The molecule has 1 unspecified atom stereocenters. The summed E-state index contributed by atoms with van der Waals surface area (Å²) in [5, 5.41) is 0. The van der Waals surface area contributed by atoms with Crippen LogP contribution in [-0.2, 0) is 16.0 Å². The molecule has 2 saturated heterocycles. The van der Waals surface area contributed by atoms with Crippen molar-refractivity contribution in [2.45, 2.75) is 31.9 Å².